The van der Waals surface area contributed by atoms with Gasteiger partial charge in [0.05, 0.1) is 17.0 Å². The number of rotatable bonds is 5. The van der Waals surface area contributed by atoms with Crippen LogP contribution in [0, 0.1) is 11.3 Å². The van der Waals surface area contributed by atoms with E-state index in [1.807, 2.05) is 30.3 Å². The number of halogens is 4. The lowest BCUT2D eigenvalue weighted by Crippen LogP contribution is -2.27. The largest absolute Gasteiger partial charge is 0.416 e. The summed E-state index contributed by atoms with van der Waals surface area (Å²) in [6.07, 6.45) is -3.50. The molecule has 0 amide bonds. The van der Waals surface area contributed by atoms with Gasteiger partial charge in [0, 0.05) is 5.33 Å². The van der Waals surface area contributed by atoms with Gasteiger partial charge in [-0.1, -0.05) is 64.5 Å². The second-order valence-electron chi connectivity index (χ2n) is 5.39. The molecule has 1 nitrogen and oxygen atoms in total. The van der Waals surface area contributed by atoms with Gasteiger partial charge in [0.2, 0.25) is 0 Å². The Balaban J connectivity index is 2.22. The monoisotopic (exact) mass is 381 g/mol. The van der Waals surface area contributed by atoms with Crippen LogP contribution in [0.1, 0.15) is 23.1 Å². The zero-order valence-corrected chi connectivity index (χ0v) is 13.9. The Kier molecular flexibility index (Phi) is 5.48. The highest BCUT2D eigenvalue weighted by molar-refractivity contribution is 9.09. The van der Waals surface area contributed by atoms with E-state index in [0.717, 1.165) is 17.7 Å². The van der Waals surface area contributed by atoms with Gasteiger partial charge in [-0.25, -0.2) is 0 Å². The van der Waals surface area contributed by atoms with Gasteiger partial charge >= 0.3 is 6.18 Å². The molecule has 120 valence electrons. The van der Waals surface area contributed by atoms with Crippen molar-refractivity contribution in [1.29, 1.82) is 5.26 Å². The summed E-state index contributed by atoms with van der Waals surface area (Å²) in [4.78, 5) is 0. The van der Waals surface area contributed by atoms with E-state index in [9.17, 15) is 18.4 Å². The van der Waals surface area contributed by atoms with Gasteiger partial charge in [-0.15, -0.1) is 0 Å². The smallest absolute Gasteiger partial charge is 0.197 e. The molecule has 23 heavy (non-hydrogen) atoms. The third-order valence-electron chi connectivity index (χ3n) is 3.86. The third kappa shape index (κ3) is 4.14. The lowest BCUT2D eigenvalue weighted by atomic mass is 9.79. The van der Waals surface area contributed by atoms with E-state index in [1.165, 1.54) is 6.07 Å². The molecule has 0 aliphatic heterocycles. The van der Waals surface area contributed by atoms with Gasteiger partial charge in [-0.05, 0) is 30.0 Å². The van der Waals surface area contributed by atoms with Crippen LogP contribution >= 0.6 is 15.9 Å². The maximum atomic E-state index is 12.8. The fourth-order valence-corrected chi connectivity index (χ4v) is 3.19. The maximum Gasteiger partial charge on any atom is 0.416 e. The van der Waals surface area contributed by atoms with Crippen LogP contribution in [0.25, 0.3) is 0 Å². The summed E-state index contributed by atoms with van der Waals surface area (Å²) in [5.41, 5.74) is 0.0361. The highest BCUT2D eigenvalue weighted by Crippen LogP contribution is 2.33. The minimum atomic E-state index is -4.35. The van der Waals surface area contributed by atoms with Crippen LogP contribution in [0.5, 0.6) is 0 Å². The predicted molar refractivity (Wildman–Crippen MR) is 87.3 cm³/mol. The Morgan fingerprint density at radius 1 is 0.957 bits per heavy atom. The number of benzene rings is 2. The van der Waals surface area contributed by atoms with E-state index in [4.69, 9.17) is 0 Å². The molecule has 1 unspecified atom stereocenters. The molecule has 2 aromatic carbocycles. The molecule has 0 heterocycles. The highest BCUT2D eigenvalue weighted by atomic mass is 79.9. The topological polar surface area (TPSA) is 23.8 Å². The van der Waals surface area contributed by atoms with E-state index in [-0.39, 0.29) is 0 Å². The maximum absolute atomic E-state index is 12.8. The molecule has 2 aromatic rings. The van der Waals surface area contributed by atoms with Crippen LogP contribution < -0.4 is 0 Å². The Hall–Kier alpha value is -1.80. The second kappa shape index (κ2) is 7.18. The Morgan fingerprint density at radius 2 is 1.61 bits per heavy atom. The van der Waals surface area contributed by atoms with Crippen LogP contribution in [-0.2, 0) is 18.0 Å². The van der Waals surface area contributed by atoms with Gasteiger partial charge < -0.3 is 0 Å². The van der Waals surface area contributed by atoms with Crippen LogP contribution in [0.3, 0.4) is 0 Å². The number of hydrogen-bond donors (Lipinski definition) is 0. The average Bonchev–Trinajstić information content (AvgIpc) is 2.57. The van der Waals surface area contributed by atoms with E-state index < -0.39 is 17.2 Å². The van der Waals surface area contributed by atoms with E-state index in [1.54, 1.807) is 6.07 Å². The number of nitriles is 1. The highest BCUT2D eigenvalue weighted by Gasteiger charge is 2.32. The second-order valence-corrected chi connectivity index (χ2v) is 5.95. The van der Waals surface area contributed by atoms with E-state index in [2.05, 4.69) is 22.0 Å². The number of alkyl halides is 4. The molecule has 5 heteroatoms. The van der Waals surface area contributed by atoms with E-state index in [0.29, 0.717) is 23.7 Å². The third-order valence-corrected chi connectivity index (χ3v) is 4.82. The molecule has 1 atom stereocenters. The van der Waals surface area contributed by atoms with Gasteiger partial charge in [0.15, 0.2) is 0 Å². The molecular weight excluding hydrogens is 367 g/mol. The normalized spacial score (nSPS) is 14.0. The Bertz CT molecular complexity index is 691. The molecule has 0 saturated heterocycles. The Labute approximate surface area is 141 Å². The lowest BCUT2D eigenvalue weighted by molar-refractivity contribution is -0.137. The Morgan fingerprint density at radius 3 is 2.17 bits per heavy atom. The lowest BCUT2D eigenvalue weighted by Gasteiger charge is -2.25. The van der Waals surface area contributed by atoms with Crippen molar-refractivity contribution in [2.45, 2.75) is 24.4 Å². The minimum Gasteiger partial charge on any atom is -0.197 e. The summed E-state index contributed by atoms with van der Waals surface area (Å²) < 4.78 is 38.3. The van der Waals surface area contributed by atoms with Crippen molar-refractivity contribution in [3.05, 3.63) is 71.3 Å². The first kappa shape index (κ1) is 17.6. The summed E-state index contributed by atoms with van der Waals surface area (Å²) in [7, 11) is 0. The summed E-state index contributed by atoms with van der Waals surface area (Å²) in [5, 5.41) is 10.1. The first-order valence-electron chi connectivity index (χ1n) is 7.10. The molecule has 0 spiro atoms. The fourth-order valence-electron chi connectivity index (χ4n) is 2.46. The van der Waals surface area contributed by atoms with E-state index >= 15 is 0 Å². The zero-order valence-electron chi connectivity index (χ0n) is 12.3. The fraction of sp³-hybridized carbons (Fsp3) is 0.278. The molecule has 0 fully saturated rings. The standard InChI is InChI=1S/C18H15BrF3N/c19-12-17(13-23,15-6-2-1-3-7-15)10-9-14-5-4-8-16(11-14)18(20,21)22/h1-8,11H,9-10,12H2. The van der Waals surface area contributed by atoms with Crippen molar-refractivity contribution in [2.75, 3.05) is 5.33 Å². The van der Waals surface area contributed by atoms with Crippen molar-refractivity contribution in [3.63, 3.8) is 0 Å². The van der Waals surface area contributed by atoms with Crippen molar-refractivity contribution >= 4 is 15.9 Å². The number of aryl methyl sites for hydroxylation is 1. The van der Waals surface area contributed by atoms with Crippen molar-refractivity contribution < 1.29 is 13.2 Å². The van der Waals surface area contributed by atoms with Gasteiger partial charge in [-0.2, -0.15) is 18.4 Å². The number of nitrogens with zero attached hydrogens (tertiary/aromatic N) is 1. The van der Waals surface area contributed by atoms with Crippen molar-refractivity contribution in [1.82, 2.24) is 0 Å². The van der Waals surface area contributed by atoms with Crippen LogP contribution in [0.15, 0.2) is 54.6 Å². The predicted octanol–water partition coefficient (Wildman–Crippen LogP) is 5.49. The number of hydrogen-bond acceptors (Lipinski definition) is 1. The zero-order chi connectivity index (χ0) is 16.9. The molecule has 2 rings (SSSR count). The molecule has 0 aromatic heterocycles. The van der Waals surface area contributed by atoms with Gasteiger partial charge in [-0.3, -0.25) is 0 Å². The minimum absolute atomic E-state index is 0.401. The molecule has 0 N–H and O–H groups in total. The first-order valence-corrected chi connectivity index (χ1v) is 8.22. The van der Waals surface area contributed by atoms with Crippen molar-refractivity contribution in [3.8, 4) is 6.07 Å². The van der Waals surface area contributed by atoms with Gasteiger partial charge in [0.1, 0.15) is 0 Å². The quantitative estimate of drug-likeness (QED) is 0.627. The summed E-state index contributed by atoms with van der Waals surface area (Å²) >= 11 is 3.39. The molecular formula is C18H15BrF3N. The van der Waals surface area contributed by atoms with Crippen LogP contribution in [0.4, 0.5) is 13.2 Å². The summed E-state index contributed by atoms with van der Waals surface area (Å²) in [6.45, 7) is 0. The molecule has 0 bridgehead atoms. The summed E-state index contributed by atoms with van der Waals surface area (Å²) in [5.74, 6) is 0. The molecule has 0 saturated carbocycles. The SMILES string of the molecule is N#CC(CBr)(CCc1cccc(C(F)(F)F)c1)c1ccccc1. The van der Waals surface area contributed by atoms with Gasteiger partial charge in [0.25, 0.3) is 0 Å². The van der Waals surface area contributed by atoms with Crippen molar-refractivity contribution in [2.24, 2.45) is 0 Å². The summed E-state index contributed by atoms with van der Waals surface area (Å²) in [6, 6.07) is 16.9. The first-order chi connectivity index (χ1) is 10.9. The van der Waals surface area contributed by atoms with Crippen LogP contribution in [0.2, 0.25) is 0 Å². The molecule has 0 aliphatic rings. The molecule has 0 radical (unpaired) electrons. The van der Waals surface area contributed by atoms with Crippen LogP contribution in [-0.4, -0.2) is 5.33 Å². The molecule has 0 aliphatic carbocycles. The average molecular weight is 382 g/mol.